The fourth-order valence-corrected chi connectivity index (χ4v) is 2.43. The van der Waals surface area contributed by atoms with Gasteiger partial charge in [0.1, 0.15) is 0 Å². The minimum Gasteiger partial charge on any atom is -0.302 e. The van der Waals surface area contributed by atoms with Gasteiger partial charge in [-0.25, -0.2) is 5.32 Å². The molecular formula is C9H17N2. The Morgan fingerprint density at radius 1 is 1.36 bits per heavy atom. The van der Waals surface area contributed by atoms with Gasteiger partial charge in [-0.1, -0.05) is 0 Å². The number of nitrogens with zero attached hydrogens (tertiary/aromatic N) is 2. The van der Waals surface area contributed by atoms with Crippen LogP contribution in [-0.2, 0) is 0 Å². The van der Waals surface area contributed by atoms with E-state index in [1.807, 2.05) is 0 Å². The van der Waals surface area contributed by atoms with Crippen molar-refractivity contribution in [2.45, 2.75) is 25.3 Å². The van der Waals surface area contributed by atoms with Gasteiger partial charge in [0.25, 0.3) is 0 Å². The van der Waals surface area contributed by atoms with E-state index >= 15 is 0 Å². The number of rotatable bonds is 0. The molecule has 2 aliphatic heterocycles. The zero-order chi connectivity index (χ0) is 7.68. The third-order valence-corrected chi connectivity index (χ3v) is 3.17. The molecule has 0 spiro atoms. The molecule has 0 aromatic carbocycles. The summed E-state index contributed by atoms with van der Waals surface area (Å²) in [6, 6.07) is 0.789. The highest BCUT2D eigenvalue weighted by Crippen LogP contribution is 2.26. The summed E-state index contributed by atoms with van der Waals surface area (Å²) in [6.07, 6.45) is 4.19. The summed E-state index contributed by atoms with van der Waals surface area (Å²) >= 11 is 0. The third-order valence-electron chi connectivity index (χ3n) is 3.17. The molecule has 2 rings (SSSR count). The Hall–Kier alpha value is -0.0800. The fraction of sp³-hybridized carbons (Fsp3) is 1.00. The highest BCUT2D eigenvalue weighted by Gasteiger charge is 2.31. The minimum atomic E-state index is 0.789. The van der Waals surface area contributed by atoms with Gasteiger partial charge in [0.05, 0.1) is 0 Å². The molecule has 2 unspecified atom stereocenters. The molecule has 2 heterocycles. The number of piperidine rings is 2. The summed E-state index contributed by atoms with van der Waals surface area (Å²) in [7, 11) is 2.25. The largest absolute Gasteiger partial charge is 0.302 e. The third kappa shape index (κ3) is 1.42. The average molecular weight is 153 g/mol. The van der Waals surface area contributed by atoms with Crippen LogP contribution in [0.2, 0.25) is 0 Å². The molecule has 0 aromatic heterocycles. The lowest BCUT2D eigenvalue weighted by molar-refractivity contribution is 0.0931. The molecule has 2 aliphatic rings. The van der Waals surface area contributed by atoms with E-state index in [9.17, 15) is 0 Å². The Labute approximate surface area is 69.0 Å². The fourth-order valence-electron chi connectivity index (χ4n) is 2.43. The molecule has 0 saturated carbocycles. The average Bonchev–Trinajstić information content (AvgIpc) is 2.06. The Balaban J connectivity index is 1.99. The molecule has 11 heavy (non-hydrogen) atoms. The SMILES string of the molecule is CN1CCCC2CC[N]CC21. The monoisotopic (exact) mass is 153 g/mol. The first-order chi connectivity index (χ1) is 5.38. The maximum absolute atomic E-state index is 4.47. The molecule has 63 valence electrons. The van der Waals surface area contributed by atoms with E-state index in [0.29, 0.717) is 0 Å². The Morgan fingerprint density at radius 3 is 3.09 bits per heavy atom. The Kier molecular flexibility index (Phi) is 2.14. The van der Waals surface area contributed by atoms with Crippen molar-refractivity contribution in [3.05, 3.63) is 0 Å². The molecule has 0 amide bonds. The molecule has 0 bridgehead atoms. The second kappa shape index (κ2) is 3.11. The summed E-state index contributed by atoms with van der Waals surface area (Å²) in [6.45, 7) is 3.51. The van der Waals surface area contributed by atoms with Gasteiger partial charge in [0, 0.05) is 19.1 Å². The van der Waals surface area contributed by atoms with Crippen LogP contribution in [0.25, 0.3) is 0 Å². The van der Waals surface area contributed by atoms with Crippen molar-refractivity contribution in [2.24, 2.45) is 5.92 Å². The van der Waals surface area contributed by atoms with Crippen LogP contribution in [0.3, 0.4) is 0 Å². The second-order valence-electron chi connectivity index (χ2n) is 3.87. The van der Waals surface area contributed by atoms with Gasteiger partial charge >= 0.3 is 0 Å². The normalized spacial score (nSPS) is 40.1. The molecule has 2 saturated heterocycles. The van der Waals surface area contributed by atoms with Crippen LogP contribution >= 0.6 is 0 Å². The smallest absolute Gasteiger partial charge is 0.0292 e. The summed E-state index contributed by atoms with van der Waals surface area (Å²) in [5.74, 6) is 0.964. The van der Waals surface area contributed by atoms with Crippen LogP contribution in [0.1, 0.15) is 19.3 Å². The maximum atomic E-state index is 4.47. The van der Waals surface area contributed by atoms with Crippen LogP contribution in [0, 0.1) is 5.92 Å². The lowest BCUT2D eigenvalue weighted by Gasteiger charge is -2.41. The first kappa shape index (κ1) is 7.56. The quantitative estimate of drug-likeness (QED) is 0.501. The summed E-state index contributed by atoms with van der Waals surface area (Å²) in [4.78, 5) is 2.50. The van der Waals surface area contributed by atoms with E-state index in [1.165, 1.54) is 25.8 Å². The van der Waals surface area contributed by atoms with E-state index in [1.54, 1.807) is 0 Å². The molecule has 2 fully saturated rings. The van der Waals surface area contributed by atoms with Gasteiger partial charge in [0.15, 0.2) is 0 Å². The van der Waals surface area contributed by atoms with Crippen molar-refractivity contribution in [2.75, 3.05) is 26.7 Å². The highest BCUT2D eigenvalue weighted by atomic mass is 15.2. The van der Waals surface area contributed by atoms with Crippen molar-refractivity contribution in [3.63, 3.8) is 0 Å². The van der Waals surface area contributed by atoms with Gasteiger partial charge < -0.3 is 4.90 Å². The lowest BCUT2D eigenvalue weighted by Crippen LogP contribution is -2.50. The summed E-state index contributed by atoms with van der Waals surface area (Å²) < 4.78 is 0. The predicted octanol–water partition coefficient (Wildman–Crippen LogP) is 0.705. The van der Waals surface area contributed by atoms with E-state index in [0.717, 1.165) is 25.0 Å². The van der Waals surface area contributed by atoms with Crippen molar-refractivity contribution < 1.29 is 0 Å². The molecule has 2 heteroatoms. The zero-order valence-corrected chi connectivity index (χ0v) is 7.29. The van der Waals surface area contributed by atoms with E-state index in [4.69, 9.17) is 0 Å². The molecule has 2 atom stereocenters. The predicted molar refractivity (Wildman–Crippen MR) is 45.6 cm³/mol. The minimum absolute atomic E-state index is 0.789. The molecule has 2 nitrogen and oxygen atoms in total. The topological polar surface area (TPSA) is 17.3 Å². The van der Waals surface area contributed by atoms with Crippen LogP contribution < -0.4 is 5.32 Å². The van der Waals surface area contributed by atoms with Gasteiger partial charge in [-0.3, -0.25) is 0 Å². The Morgan fingerprint density at radius 2 is 2.27 bits per heavy atom. The summed E-state index contributed by atoms with van der Waals surface area (Å²) in [5, 5.41) is 4.47. The first-order valence-electron chi connectivity index (χ1n) is 4.71. The van der Waals surface area contributed by atoms with Crippen molar-refractivity contribution in [1.29, 1.82) is 0 Å². The standard InChI is InChI=1S/C9H17N2/c1-11-6-2-3-8-4-5-10-7-9(8)11/h8-9H,2-7H2,1H3. The van der Waals surface area contributed by atoms with Gasteiger partial charge in [-0.05, 0) is 38.8 Å². The highest BCUT2D eigenvalue weighted by molar-refractivity contribution is 4.87. The van der Waals surface area contributed by atoms with E-state index in [-0.39, 0.29) is 0 Å². The molecule has 0 aliphatic carbocycles. The zero-order valence-electron chi connectivity index (χ0n) is 7.29. The first-order valence-corrected chi connectivity index (χ1v) is 4.71. The lowest BCUT2D eigenvalue weighted by atomic mass is 9.85. The van der Waals surface area contributed by atoms with Crippen LogP contribution in [-0.4, -0.2) is 37.6 Å². The van der Waals surface area contributed by atoms with Gasteiger partial charge in [-0.2, -0.15) is 0 Å². The van der Waals surface area contributed by atoms with Crippen LogP contribution in [0.5, 0.6) is 0 Å². The summed E-state index contributed by atoms with van der Waals surface area (Å²) in [5.41, 5.74) is 0. The second-order valence-corrected chi connectivity index (χ2v) is 3.87. The molecule has 0 aromatic rings. The van der Waals surface area contributed by atoms with E-state index < -0.39 is 0 Å². The maximum Gasteiger partial charge on any atom is 0.0292 e. The molecular weight excluding hydrogens is 136 g/mol. The number of fused-ring (bicyclic) bond motifs is 1. The molecule has 0 N–H and O–H groups in total. The molecule has 1 radical (unpaired) electrons. The number of likely N-dealkylation sites (N-methyl/N-ethyl adjacent to an activating group) is 1. The van der Waals surface area contributed by atoms with Gasteiger partial charge in [0.2, 0.25) is 0 Å². The Bertz CT molecular complexity index is 134. The number of hydrogen-bond acceptors (Lipinski definition) is 1. The van der Waals surface area contributed by atoms with Crippen molar-refractivity contribution in [3.8, 4) is 0 Å². The van der Waals surface area contributed by atoms with Crippen LogP contribution in [0.15, 0.2) is 0 Å². The van der Waals surface area contributed by atoms with Crippen molar-refractivity contribution in [1.82, 2.24) is 10.2 Å². The van der Waals surface area contributed by atoms with Crippen molar-refractivity contribution >= 4 is 0 Å². The number of hydrogen-bond donors (Lipinski definition) is 0. The van der Waals surface area contributed by atoms with Gasteiger partial charge in [-0.15, -0.1) is 0 Å². The van der Waals surface area contributed by atoms with Crippen LogP contribution in [0.4, 0.5) is 0 Å². The number of likely N-dealkylation sites (tertiary alicyclic amines) is 1. The van der Waals surface area contributed by atoms with E-state index in [2.05, 4.69) is 17.3 Å².